The number of nitrogens with zero attached hydrogens (tertiary/aromatic N) is 1. The normalized spacial score (nSPS) is 13.5. The summed E-state index contributed by atoms with van der Waals surface area (Å²) in [5, 5.41) is 2.32. The average molecular weight is 411 g/mol. The van der Waals surface area contributed by atoms with E-state index in [9.17, 15) is 14.4 Å². The zero-order chi connectivity index (χ0) is 21.3. The van der Waals surface area contributed by atoms with Crippen LogP contribution in [0.25, 0.3) is 32.7 Å². The molecule has 1 aliphatic rings. The van der Waals surface area contributed by atoms with Crippen molar-refractivity contribution in [1.29, 1.82) is 0 Å². The minimum absolute atomic E-state index is 0.102. The number of imide groups is 1. The predicted octanol–water partition coefficient (Wildman–Crippen LogP) is 4.50. The summed E-state index contributed by atoms with van der Waals surface area (Å²) in [6.45, 7) is 0. The lowest BCUT2D eigenvalue weighted by Gasteiger charge is -2.28. The molecule has 0 fully saturated rings. The Morgan fingerprint density at radius 1 is 0.806 bits per heavy atom. The summed E-state index contributed by atoms with van der Waals surface area (Å²) < 4.78 is 16.4. The third-order valence-electron chi connectivity index (χ3n) is 5.62. The van der Waals surface area contributed by atoms with Crippen LogP contribution in [0, 0.1) is 0 Å². The number of ether oxygens (including phenoxy) is 1. The fraction of sp³-hybridized carbons (Fsp3) is 0.0417. The van der Waals surface area contributed by atoms with Crippen molar-refractivity contribution in [2.75, 3.05) is 12.0 Å². The molecule has 6 rings (SSSR count). The number of benzene rings is 3. The Morgan fingerprint density at radius 2 is 1.48 bits per heavy atom. The van der Waals surface area contributed by atoms with Gasteiger partial charge in [0.15, 0.2) is 11.2 Å². The monoisotopic (exact) mass is 411 g/mol. The highest BCUT2D eigenvalue weighted by atomic mass is 16.5. The largest absolute Gasteiger partial charge is 0.490 e. The van der Waals surface area contributed by atoms with Gasteiger partial charge in [-0.1, -0.05) is 24.3 Å². The minimum atomic E-state index is -0.589. The van der Waals surface area contributed by atoms with E-state index < -0.39 is 17.4 Å². The van der Waals surface area contributed by atoms with E-state index in [1.54, 1.807) is 30.3 Å². The van der Waals surface area contributed by atoms with Gasteiger partial charge in [0, 0.05) is 33.4 Å². The van der Waals surface area contributed by atoms with Crippen LogP contribution in [0.5, 0.6) is 5.75 Å². The van der Waals surface area contributed by atoms with E-state index in [0.29, 0.717) is 27.3 Å². The van der Waals surface area contributed by atoms with Crippen LogP contribution in [0.2, 0.25) is 0 Å². The number of anilines is 1. The Morgan fingerprint density at radius 3 is 2.16 bits per heavy atom. The summed E-state index contributed by atoms with van der Waals surface area (Å²) in [5.74, 6) is -0.709. The van der Waals surface area contributed by atoms with Crippen molar-refractivity contribution in [1.82, 2.24) is 0 Å². The van der Waals surface area contributed by atoms with E-state index in [0.717, 1.165) is 10.3 Å². The Labute approximate surface area is 174 Å². The van der Waals surface area contributed by atoms with E-state index in [4.69, 9.17) is 13.6 Å². The van der Waals surface area contributed by atoms with Gasteiger partial charge in [0.05, 0.1) is 19.1 Å². The molecule has 0 bridgehead atoms. The van der Waals surface area contributed by atoms with Crippen molar-refractivity contribution < 1.29 is 23.2 Å². The summed E-state index contributed by atoms with van der Waals surface area (Å²) in [5.41, 5.74) is 0.914. The van der Waals surface area contributed by atoms with Crippen LogP contribution in [0.1, 0.15) is 20.7 Å². The third kappa shape index (κ3) is 2.20. The Balaban J connectivity index is 1.75. The topological polar surface area (TPSA) is 90.0 Å². The number of amides is 2. The minimum Gasteiger partial charge on any atom is -0.490 e. The molecule has 3 heterocycles. The number of furan rings is 1. The van der Waals surface area contributed by atoms with Gasteiger partial charge in [0.1, 0.15) is 0 Å². The molecule has 0 N–H and O–H groups in total. The molecule has 5 aromatic rings. The molecule has 31 heavy (non-hydrogen) atoms. The van der Waals surface area contributed by atoms with Gasteiger partial charge < -0.3 is 13.6 Å². The zero-order valence-corrected chi connectivity index (χ0v) is 16.2. The van der Waals surface area contributed by atoms with Crippen LogP contribution in [-0.2, 0) is 0 Å². The molecular formula is C24H13NO6. The molecule has 0 spiro atoms. The number of hydrogen-bond donors (Lipinski definition) is 0. The molecule has 0 unspecified atom stereocenters. The van der Waals surface area contributed by atoms with E-state index in [-0.39, 0.29) is 22.6 Å². The average Bonchev–Trinajstić information content (AvgIpc) is 3.26. The summed E-state index contributed by atoms with van der Waals surface area (Å²) in [6.07, 6.45) is 1.43. The first-order valence-corrected chi connectivity index (χ1v) is 9.51. The highest BCUT2D eigenvalue weighted by Crippen LogP contribution is 2.45. The van der Waals surface area contributed by atoms with Crippen LogP contribution >= 0.6 is 0 Å². The second-order valence-corrected chi connectivity index (χ2v) is 7.20. The summed E-state index contributed by atoms with van der Waals surface area (Å²) in [7, 11) is 1.43. The molecule has 2 amide bonds. The molecule has 0 atom stereocenters. The lowest BCUT2D eigenvalue weighted by atomic mass is 9.93. The summed E-state index contributed by atoms with van der Waals surface area (Å²) >= 11 is 0. The van der Waals surface area contributed by atoms with E-state index in [2.05, 4.69) is 0 Å². The van der Waals surface area contributed by atoms with Gasteiger partial charge in [-0.15, -0.1) is 0 Å². The number of carbonyl (C=O) groups excluding carboxylic acids is 2. The first-order chi connectivity index (χ1) is 15.1. The van der Waals surface area contributed by atoms with Crippen molar-refractivity contribution in [3.8, 4) is 5.75 Å². The quantitative estimate of drug-likeness (QED) is 0.314. The summed E-state index contributed by atoms with van der Waals surface area (Å²) in [6, 6.07) is 15.1. The molecule has 7 nitrogen and oxygen atoms in total. The van der Waals surface area contributed by atoms with Crippen LogP contribution in [-0.4, -0.2) is 18.9 Å². The van der Waals surface area contributed by atoms with Crippen LogP contribution in [0.15, 0.2) is 74.5 Å². The molecule has 2 aromatic heterocycles. The van der Waals surface area contributed by atoms with Crippen molar-refractivity contribution in [3.63, 3.8) is 0 Å². The standard InChI is InChI=1S/C24H13NO6/c1-29-22-20-16(10-11-30-20)19(15-8-9-17(26)31-21(15)22)25-23(27)13-6-2-4-12-5-3-7-14(18(12)13)24(25)28/h2-11H,1H3. The van der Waals surface area contributed by atoms with Gasteiger partial charge in [-0.2, -0.15) is 0 Å². The number of carbonyl (C=O) groups is 2. The summed E-state index contributed by atoms with van der Waals surface area (Å²) in [4.78, 5) is 40.2. The molecule has 0 radical (unpaired) electrons. The van der Waals surface area contributed by atoms with E-state index in [1.807, 2.05) is 12.1 Å². The van der Waals surface area contributed by atoms with Crippen molar-refractivity contribution in [2.24, 2.45) is 0 Å². The molecule has 7 heteroatoms. The van der Waals surface area contributed by atoms with Crippen LogP contribution < -0.4 is 15.3 Å². The van der Waals surface area contributed by atoms with Crippen LogP contribution in [0.4, 0.5) is 5.69 Å². The van der Waals surface area contributed by atoms with Crippen molar-refractivity contribution >= 4 is 50.2 Å². The molecule has 0 aliphatic carbocycles. The van der Waals surface area contributed by atoms with Gasteiger partial charge in [-0.3, -0.25) is 9.59 Å². The smallest absolute Gasteiger partial charge is 0.336 e. The van der Waals surface area contributed by atoms with E-state index in [1.165, 1.54) is 25.5 Å². The number of methoxy groups -OCH3 is 1. The highest BCUT2D eigenvalue weighted by molar-refractivity contribution is 6.39. The first kappa shape index (κ1) is 17.5. The highest BCUT2D eigenvalue weighted by Gasteiger charge is 2.37. The first-order valence-electron chi connectivity index (χ1n) is 9.51. The Kier molecular flexibility index (Phi) is 3.41. The Bertz CT molecular complexity index is 1590. The Hall–Kier alpha value is -4.39. The van der Waals surface area contributed by atoms with Crippen molar-refractivity contribution in [3.05, 3.63) is 82.4 Å². The second-order valence-electron chi connectivity index (χ2n) is 7.20. The van der Waals surface area contributed by atoms with Gasteiger partial charge in [0.2, 0.25) is 5.75 Å². The number of fused-ring (bicyclic) bond motifs is 2. The second kappa shape index (κ2) is 6.06. The van der Waals surface area contributed by atoms with Crippen LogP contribution in [0.3, 0.4) is 0 Å². The lowest BCUT2D eigenvalue weighted by molar-refractivity contribution is 0.0894. The van der Waals surface area contributed by atoms with Gasteiger partial charge in [-0.05, 0) is 29.7 Å². The number of rotatable bonds is 2. The fourth-order valence-corrected chi connectivity index (χ4v) is 4.35. The molecule has 0 saturated carbocycles. The molecule has 0 saturated heterocycles. The zero-order valence-electron chi connectivity index (χ0n) is 16.2. The van der Waals surface area contributed by atoms with E-state index >= 15 is 0 Å². The van der Waals surface area contributed by atoms with Gasteiger partial charge in [-0.25, -0.2) is 9.69 Å². The molecule has 1 aliphatic heterocycles. The number of hydrogen-bond acceptors (Lipinski definition) is 6. The van der Waals surface area contributed by atoms with Gasteiger partial charge >= 0.3 is 5.63 Å². The maximum atomic E-state index is 13.6. The SMILES string of the molecule is COc1c2occc2c(N2C(=O)c3cccc4cccc(c34)C2=O)c2ccc(=O)oc12. The maximum absolute atomic E-state index is 13.6. The molecule has 3 aromatic carbocycles. The molecular weight excluding hydrogens is 398 g/mol. The maximum Gasteiger partial charge on any atom is 0.336 e. The van der Waals surface area contributed by atoms with Gasteiger partial charge in [0.25, 0.3) is 11.8 Å². The fourth-order valence-electron chi connectivity index (χ4n) is 4.35. The predicted molar refractivity (Wildman–Crippen MR) is 114 cm³/mol. The third-order valence-corrected chi connectivity index (χ3v) is 5.62. The molecule has 150 valence electrons. The lowest BCUT2D eigenvalue weighted by Crippen LogP contribution is -2.40. The van der Waals surface area contributed by atoms with Crippen molar-refractivity contribution in [2.45, 2.75) is 0 Å².